The number of anilines is 1. The predicted octanol–water partition coefficient (Wildman–Crippen LogP) is 5.41. The molecule has 0 aliphatic heterocycles. The minimum Gasteiger partial charge on any atom is -0.451 e. The number of aryl methyl sites for hydroxylation is 2. The van der Waals surface area contributed by atoms with Crippen LogP contribution in [0, 0.1) is 18.6 Å². The van der Waals surface area contributed by atoms with Crippen LogP contribution in [0.1, 0.15) is 12.5 Å². The summed E-state index contributed by atoms with van der Waals surface area (Å²) in [6.07, 6.45) is 1.59. The lowest BCUT2D eigenvalue weighted by atomic mass is 10.0. The van der Waals surface area contributed by atoms with Crippen molar-refractivity contribution >= 4 is 37.1 Å². The highest BCUT2D eigenvalue weighted by Gasteiger charge is 2.20. The Labute approximate surface area is 193 Å². The number of nitrogens with zero attached hydrogens (tertiary/aromatic N) is 1. The lowest BCUT2D eigenvalue weighted by Crippen LogP contribution is -2.16. The van der Waals surface area contributed by atoms with Crippen LogP contribution in [0.25, 0.3) is 21.2 Å². The van der Waals surface area contributed by atoms with Gasteiger partial charge in [0.25, 0.3) is 5.56 Å². The second-order valence-electron chi connectivity index (χ2n) is 7.50. The van der Waals surface area contributed by atoms with Gasteiger partial charge in [0.05, 0.1) is 11.1 Å². The van der Waals surface area contributed by atoms with Gasteiger partial charge in [-0.2, -0.15) is 0 Å². The fraction of sp³-hybridized carbons (Fsp3) is 0.174. The third kappa shape index (κ3) is 4.49. The largest absolute Gasteiger partial charge is 0.451 e. The average molecular weight is 491 g/mol. The Morgan fingerprint density at radius 3 is 2.45 bits per heavy atom. The van der Waals surface area contributed by atoms with Crippen LogP contribution in [0.4, 0.5) is 14.5 Å². The van der Waals surface area contributed by atoms with E-state index in [1.165, 1.54) is 41.0 Å². The molecule has 0 atom stereocenters. The lowest BCUT2D eigenvalue weighted by molar-refractivity contribution is 0.408. The van der Waals surface area contributed by atoms with Crippen LogP contribution in [-0.4, -0.2) is 18.7 Å². The summed E-state index contributed by atoms with van der Waals surface area (Å²) in [5, 5.41) is 2.23. The zero-order chi connectivity index (χ0) is 23.9. The van der Waals surface area contributed by atoms with Gasteiger partial charge in [-0.15, -0.1) is 11.3 Å². The zero-order valence-electron chi connectivity index (χ0n) is 18.0. The summed E-state index contributed by atoms with van der Waals surface area (Å²) >= 11 is 1.32. The van der Waals surface area contributed by atoms with Crippen LogP contribution in [0.15, 0.2) is 52.8 Å². The standard InChI is InChI=1S/C23H20F2N2O4S2/c1-4-33(29,30)26-14-5-6-20(31-21-18(24)9-13(2)10-19(21)25)16(11-14)17-12-27(3)23(28)15-7-8-32-22(15)17/h5-12,26H,4H2,1-3H3. The summed E-state index contributed by atoms with van der Waals surface area (Å²) in [6.45, 7) is 3.07. The first-order valence-corrected chi connectivity index (χ1v) is 12.5. The molecule has 0 aliphatic rings. The maximum absolute atomic E-state index is 14.5. The van der Waals surface area contributed by atoms with Crippen molar-refractivity contribution in [2.75, 3.05) is 10.5 Å². The van der Waals surface area contributed by atoms with Gasteiger partial charge in [-0.05, 0) is 61.2 Å². The van der Waals surface area contributed by atoms with E-state index in [4.69, 9.17) is 4.74 Å². The van der Waals surface area contributed by atoms with E-state index in [2.05, 4.69) is 4.72 Å². The molecule has 0 bridgehead atoms. The van der Waals surface area contributed by atoms with Gasteiger partial charge in [-0.25, -0.2) is 17.2 Å². The van der Waals surface area contributed by atoms with E-state index in [0.29, 0.717) is 26.8 Å². The second kappa shape index (κ2) is 8.60. The summed E-state index contributed by atoms with van der Waals surface area (Å²) in [5.41, 5.74) is 1.38. The first-order valence-electron chi connectivity index (χ1n) is 9.95. The van der Waals surface area contributed by atoms with Crippen LogP contribution < -0.4 is 15.0 Å². The first kappa shape index (κ1) is 22.9. The Morgan fingerprint density at radius 1 is 1.09 bits per heavy atom. The third-order valence-corrected chi connectivity index (χ3v) is 7.32. The molecule has 172 valence electrons. The molecule has 2 heterocycles. The minimum atomic E-state index is -3.57. The number of hydrogen-bond acceptors (Lipinski definition) is 5. The molecule has 0 amide bonds. The number of halogens is 2. The fourth-order valence-corrected chi connectivity index (χ4v) is 4.96. The summed E-state index contributed by atoms with van der Waals surface area (Å²) in [4.78, 5) is 12.5. The smallest absolute Gasteiger partial charge is 0.259 e. The molecule has 33 heavy (non-hydrogen) atoms. The van der Waals surface area contributed by atoms with E-state index in [1.54, 1.807) is 31.6 Å². The number of ether oxygens (including phenoxy) is 1. The van der Waals surface area contributed by atoms with Gasteiger partial charge in [0.15, 0.2) is 17.4 Å². The highest BCUT2D eigenvalue weighted by molar-refractivity contribution is 7.92. The topological polar surface area (TPSA) is 77.4 Å². The molecule has 10 heteroatoms. The highest BCUT2D eigenvalue weighted by atomic mass is 32.2. The number of fused-ring (bicyclic) bond motifs is 1. The average Bonchev–Trinajstić information content (AvgIpc) is 3.24. The monoisotopic (exact) mass is 490 g/mol. The van der Waals surface area contributed by atoms with E-state index in [9.17, 15) is 22.0 Å². The number of nitrogens with one attached hydrogen (secondary N) is 1. The molecular formula is C23H20F2N2O4S2. The van der Waals surface area contributed by atoms with Gasteiger partial charge < -0.3 is 9.30 Å². The van der Waals surface area contributed by atoms with Crippen molar-refractivity contribution < 1.29 is 21.9 Å². The van der Waals surface area contributed by atoms with Gasteiger partial charge in [0, 0.05) is 34.8 Å². The van der Waals surface area contributed by atoms with Crippen LogP contribution in [0.2, 0.25) is 0 Å². The molecule has 1 N–H and O–H groups in total. The molecule has 4 rings (SSSR count). The Bertz CT molecular complexity index is 1520. The maximum atomic E-state index is 14.5. The van der Waals surface area contributed by atoms with Gasteiger partial charge >= 0.3 is 0 Å². The van der Waals surface area contributed by atoms with Crippen molar-refractivity contribution in [3.63, 3.8) is 0 Å². The van der Waals surface area contributed by atoms with Crippen LogP contribution >= 0.6 is 11.3 Å². The molecule has 0 spiro atoms. The van der Waals surface area contributed by atoms with Crippen molar-refractivity contribution in [3.8, 4) is 22.6 Å². The van der Waals surface area contributed by atoms with E-state index in [-0.39, 0.29) is 22.7 Å². The van der Waals surface area contributed by atoms with E-state index in [1.807, 2.05) is 0 Å². The Morgan fingerprint density at radius 2 is 1.79 bits per heavy atom. The zero-order valence-corrected chi connectivity index (χ0v) is 19.6. The van der Waals surface area contributed by atoms with Gasteiger partial charge in [-0.3, -0.25) is 9.52 Å². The molecule has 6 nitrogen and oxygen atoms in total. The number of sulfonamides is 1. The molecule has 0 fully saturated rings. The van der Waals surface area contributed by atoms with E-state index < -0.39 is 27.4 Å². The predicted molar refractivity (Wildman–Crippen MR) is 127 cm³/mol. The summed E-state index contributed by atoms with van der Waals surface area (Å²) in [6, 6.07) is 8.41. The van der Waals surface area contributed by atoms with Crippen molar-refractivity contribution in [2.24, 2.45) is 7.05 Å². The lowest BCUT2D eigenvalue weighted by Gasteiger charge is -2.16. The van der Waals surface area contributed by atoms with Crippen molar-refractivity contribution in [1.29, 1.82) is 0 Å². The quantitative estimate of drug-likeness (QED) is 0.392. The number of pyridine rings is 1. The third-order valence-electron chi connectivity index (χ3n) is 5.06. The molecular weight excluding hydrogens is 470 g/mol. The normalized spacial score (nSPS) is 11.7. The van der Waals surface area contributed by atoms with E-state index in [0.717, 1.165) is 12.1 Å². The number of aromatic nitrogens is 1. The number of hydrogen-bond donors (Lipinski definition) is 1. The molecule has 4 aromatic rings. The second-order valence-corrected chi connectivity index (χ2v) is 10.4. The van der Waals surface area contributed by atoms with Crippen molar-refractivity contribution in [3.05, 3.63) is 75.5 Å². The molecule has 2 aromatic carbocycles. The van der Waals surface area contributed by atoms with E-state index >= 15 is 0 Å². The number of benzene rings is 2. The molecule has 0 unspecified atom stereocenters. The van der Waals surface area contributed by atoms with Gasteiger partial charge in [-0.1, -0.05) is 0 Å². The number of thiophene rings is 1. The summed E-state index contributed by atoms with van der Waals surface area (Å²) in [5.74, 6) is -2.33. The molecule has 0 saturated carbocycles. The van der Waals surface area contributed by atoms with Gasteiger partial charge in [0.2, 0.25) is 10.0 Å². The molecule has 0 aliphatic carbocycles. The summed E-state index contributed by atoms with van der Waals surface area (Å²) < 4.78 is 63.4. The highest BCUT2D eigenvalue weighted by Crippen LogP contribution is 2.41. The number of rotatable bonds is 6. The van der Waals surface area contributed by atoms with Crippen molar-refractivity contribution in [1.82, 2.24) is 4.57 Å². The summed E-state index contributed by atoms with van der Waals surface area (Å²) in [7, 11) is -1.98. The fourth-order valence-electron chi connectivity index (χ4n) is 3.42. The molecule has 0 saturated heterocycles. The SMILES string of the molecule is CCS(=O)(=O)Nc1ccc(Oc2c(F)cc(C)cc2F)c(-c2cn(C)c(=O)c3ccsc23)c1. The first-order chi connectivity index (χ1) is 15.6. The molecule has 0 radical (unpaired) electrons. The Kier molecular flexibility index (Phi) is 5.98. The van der Waals surface area contributed by atoms with Crippen LogP contribution in [-0.2, 0) is 17.1 Å². The Balaban J connectivity index is 1.95. The Hall–Kier alpha value is -3.24. The van der Waals surface area contributed by atoms with Crippen molar-refractivity contribution in [2.45, 2.75) is 13.8 Å². The molecule has 2 aromatic heterocycles. The van der Waals surface area contributed by atoms with Gasteiger partial charge in [0.1, 0.15) is 5.75 Å². The van der Waals surface area contributed by atoms with Crippen LogP contribution in [0.5, 0.6) is 11.5 Å². The van der Waals surface area contributed by atoms with Crippen LogP contribution in [0.3, 0.4) is 0 Å². The maximum Gasteiger partial charge on any atom is 0.259 e. The minimum absolute atomic E-state index is 0.101.